The molecular weight excluding hydrogens is 1270 g/mol. The minimum absolute atomic E-state index is 0.105. The number of carbonyl (C=O) groups is 4. The van der Waals surface area contributed by atoms with E-state index < -0.39 is 97.5 Å². The van der Waals surface area contributed by atoms with Crippen LogP contribution < -0.4 is 0 Å². The molecule has 0 amide bonds. The SMILES string of the molecule is CCC(C)CCCCCCCCCCCCCCCCCCCCC(=O)O[C@H](COC(=O)CCCCCCCCCCC(C)C)COP(=O)(O)OC[C@@H](O)COP(=O)(O)OC[C@@H](COC(=O)CCCCCCCCC(C)CC)OC(=O)CCCCCCCCCCCCCC(C)C. The van der Waals surface area contributed by atoms with Gasteiger partial charge in [0.05, 0.1) is 26.4 Å². The highest BCUT2D eigenvalue weighted by atomic mass is 31.2. The Bertz CT molecular complexity index is 1910. The van der Waals surface area contributed by atoms with Gasteiger partial charge in [-0.05, 0) is 49.4 Å². The minimum Gasteiger partial charge on any atom is -0.462 e. The van der Waals surface area contributed by atoms with Crippen LogP contribution in [0.25, 0.3) is 0 Å². The number of esters is 4. The predicted octanol–water partition coefficient (Wildman–Crippen LogP) is 22.8. The van der Waals surface area contributed by atoms with Crippen molar-refractivity contribution in [2.45, 2.75) is 414 Å². The highest BCUT2D eigenvalue weighted by Gasteiger charge is 2.30. The molecule has 0 fully saturated rings. The number of ether oxygens (including phenoxy) is 4. The lowest BCUT2D eigenvalue weighted by atomic mass is 9.99. The Balaban J connectivity index is 5.19. The summed E-state index contributed by atoms with van der Waals surface area (Å²) in [5.74, 6) is 0.972. The number of aliphatic hydroxyl groups excluding tert-OH is 1. The topological polar surface area (TPSA) is 237 Å². The molecule has 19 heteroatoms. The number of hydrogen-bond acceptors (Lipinski definition) is 15. The van der Waals surface area contributed by atoms with Gasteiger partial charge in [-0.25, -0.2) is 9.13 Å². The van der Waals surface area contributed by atoms with Crippen molar-refractivity contribution in [1.29, 1.82) is 0 Å². The molecule has 17 nitrogen and oxygen atoms in total. The van der Waals surface area contributed by atoms with Crippen LogP contribution in [-0.2, 0) is 65.4 Å². The largest absolute Gasteiger partial charge is 0.472 e. The minimum atomic E-state index is -4.96. The molecule has 0 radical (unpaired) electrons. The van der Waals surface area contributed by atoms with Crippen LogP contribution in [0.1, 0.15) is 396 Å². The molecule has 0 aromatic heterocycles. The molecule has 0 aromatic carbocycles. The van der Waals surface area contributed by atoms with Gasteiger partial charge in [-0.2, -0.15) is 0 Å². The van der Waals surface area contributed by atoms with Crippen molar-refractivity contribution >= 4 is 39.5 Å². The van der Waals surface area contributed by atoms with Crippen molar-refractivity contribution in [3.8, 4) is 0 Å². The number of carbonyl (C=O) groups excluding carboxylic acids is 4. The maximum atomic E-state index is 13.1. The van der Waals surface area contributed by atoms with E-state index >= 15 is 0 Å². The van der Waals surface area contributed by atoms with Gasteiger partial charge in [-0.15, -0.1) is 0 Å². The number of unbranched alkanes of at least 4 members (excludes halogenated alkanes) is 39. The lowest BCUT2D eigenvalue weighted by Crippen LogP contribution is -2.30. The van der Waals surface area contributed by atoms with Crippen LogP contribution >= 0.6 is 15.6 Å². The summed E-state index contributed by atoms with van der Waals surface area (Å²) in [6.45, 7) is 14.2. The van der Waals surface area contributed by atoms with Crippen molar-refractivity contribution in [2.24, 2.45) is 23.7 Å². The molecule has 0 aromatic rings. The van der Waals surface area contributed by atoms with E-state index in [0.29, 0.717) is 25.7 Å². The van der Waals surface area contributed by atoms with Crippen LogP contribution in [0.15, 0.2) is 0 Å². The summed E-state index contributed by atoms with van der Waals surface area (Å²) in [7, 11) is -9.92. The summed E-state index contributed by atoms with van der Waals surface area (Å²) in [5, 5.41) is 10.6. The summed E-state index contributed by atoms with van der Waals surface area (Å²) in [6.07, 6.45) is 52.9. The monoisotopic (exact) mass is 1420 g/mol. The van der Waals surface area contributed by atoms with E-state index in [1.165, 1.54) is 193 Å². The van der Waals surface area contributed by atoms with E-state index in [-0.39, 0.29) is 25.7 Å². The van der Waals surface area contributed by atoms with E-state index in [4.69, 9.17) is 37.0 Å². The summed E-state index contributed by atoms with van der Waals surface area (Å²) >= 11 is 0. The second-order valence-electron chi connectivity index (χ2n) is 29.5. The molecule has 0 aliphatic heterocycles. The Hall–Kier alpha value is -1.94. The number of aliphatic hydroxyl groups is 1. The fourth-order valence-electron chi connectivity index (χ4n) is 11.8. The van der Waals surface area contributed by atoms with Crippen LogP contribution in [0, 0.1) is 23.7 Å². The first-order chi connectivity index (χ1) is 46.7. The predicted molar refractivity (Wildman–Crippen MR) is 395 cm³/mol. The molecule has 0 saturated heterocycles. The molecule has 0 aliphatic carbocycles. The highest BCUT2D eigenvalue weighted by molar-refractivity contribution is 7.47. The molecule has 576 valence electrons. The van der Waals surface area contributed by atoms with E-state index in [1.54, 1.807) is 0 Å². The Kier molecular flexibility index (Phi) is 65.9. The maximum absolute atomic E-state index is 13.1. The first-order valence-corrected chi connectivity index (χ1v) is 43.3. The smallest absolute Gasteiger partial charge is 0.462 e. The Labute approximate surface area is 594 Å². The maximum Gasteiger partial charge on any atom is 0.472 e. The van der Waals surface area contributed by atoms with Crippen LogP contribution in [0.3, 0.4) is 0 Å². The van der Waals surface area contributed by atoms with E-state index in [2.05, 4.69) is 55.4 Å². The average molecular weight is 1420 g/mol. The highest BCUT2D eigenvalue weighted by Crippen LogP contribution is 2.45. The van der Waals surface area contributed by atoms with Crippen LogP contribution in [0.5, 0.6) is 0 Å². The number of rotatable bonds is 75. The van der Waals surface area contributed by atoms with Crippen molar-refractivity contribution in [3.05, 3.63) is 0 Å². The molecule has 4 unspecified atom stereocenters. The Morgan fingerprint density at radius 3 is 0.732 bits per heavy atom. The van der Waals surface area contributed by atoms with Crippen molar-refractivity contribution in [2.75, 3.05) is 39.6 Å². The van der Waals surface area contributed by atoms with Gasteiger partial charge >= 0.3 is 39.5 Å². The molecule has 3 N–H and O–H groups in total. The van der Waals surface area contributed by atoms with Crippen molar-refractivity contribution in [1.82, 2.24) is 0 Å². The van der Waals surface area contributed by atoms with Crippen molar-refractivity contribution < 1.29 is 80.2 Å². The van der Waals surface area contributed by atoms with E-state index in [0.717, 1.165) is 120 Å². The molecule has 0 aliphatic rings. The standard InChI is InChI=1S/C78H152O17P2/c1-9-70(7)56-48-40-32-25-21-17-15-13-11-12-14-16-18-22-26-34-44-52-60-77(82)94-73(64-88-75(80)58-50-42-33-29-28-31-39-47-55-69(5)6)66-92-96(84,85)90-62-72(79)63-91-97(86,87)93-67-74(65-89-76(81)59-51-43-37-36-41-49-57-71(8)10-2)95-78(83)61-53-45-35-27-23-19-20-24-30-38-46-54-68(3)4/h68-74,79H,9-67H2,1-8H3,(H,84,85)(H,86,87)/t70?,71?,72-,73-,74-/m1/s1. The fraction of sp³-hybridized carbons (Fsp3) is 0.949. The Morgan fingerprint density at radius 2 is 0.495 bits per heavy atom. The summed E-state index contributed by atoms with van der Waals surface area (Å²) in [4.78, 5) is 72.8. The molecule has 97 heavy (non-hydrogen) atoms. The van der Waals surface area contributed by atoms with Gasteiger partial charge < -0.3 is 33.8 Å². The zero-order valence-corrected chi connectivity index (χ0v) is 65.5. The first kappa shape index (κ1) is 95.1. The van der Waals surface area contributed by atoms with Crippen LogP contribution in [0.4, 0.5) is 0 Å². The lowest BCUT2D eigenvalue weighted by molar-refractivity contribution is -0.161. The quantitative estimate of drug-likeness (QED) is 0.0222. The van der Waals surface area contributed by atoms with E-state index in [1.807, 2.05) is 0 Å². The van der Waals surface area contributed by atoms with Crippen LogP contribution in [0.2, 0.25) is 0 Å². The molecular formula is C78H152O17P2. The summed E-state index contributed by atoms with van der Waals surface area (Å²) < 4.78 is 68.5. The second kappa shape index (κ2) is 67.2. The molecule has 0 heterocycles. The summed E-state index contributed by atoms with van der Waals surface area (Å²) in [5.41, 5.74) is 0. The number of phosphoric acid groups is 2. The molecule has 0 rings (SSSR count). The number of phosphoric ester groups is 2. The summed E-state index contributed by atoms with van der Waals surface area (Å²) in [6, 6.07) is 0. The third-order valence-corrected chi connectivity index (χ3v) is 20.7. The molecule has 0 saturated carbocycles. The zero-order chi connectivity index (χ0) is 71.7. The third kappa shape index (κ3) is 69.5. The van der Waals surface area contributed by atoms with Gasteiger partial charge in [0.2, 0.25) is 0 Å². The van der Waals surface area contributed by atoms with Gasteiger partial charge in [-0.1, -0.05) is 344 Å². The van der Waals surface area contributed by atoms with Gasteiger partial charge in [0.25, 0.3) is 0 Å². The van der Waals surface area contributed by atoms with Gasteiger partial charge in [0, 0.05) is 25.7 Å². The van der Waals surface area contributed by atoms with E-state index in [9.17, 15) is 43.2 Å². The Morgan fingerprint density at radius 1 is 0.289 bits per heavy atom. The zero-order valence-electron chi connectivity index (χ0n) is 63.7. The fourth-order valence-corrected chi connectivity index (χ4v) is 13.4. The number of hydrogen-bond donors (Lipinski definition) is 3. The molecule has 0 bridgehead atoms. The normalized spacial score (nSPS) is 14.6. The van der Waals surface area contributed by atoms with Gasteiger partial charge in [0.1, 0.15) is 19.3 Å². The third-order valence-electron chi connectivity index (χ3n) is 18.8. The molecule has 0 spiro atoms. The van der Waals surface area contributed by atoms with Crippen molar-refractivity contribution in [3.63, 3.8) is 0 Å². The second-order valence-corrected chi connectivity index (χ2v) is 32.4. The molecule has 7 atom stereocenters. The average Bonchev–Trinajstić information content (AvgIpc) is 2.49. The van der Waals surface area contributed by atoms with Crippen LogP contribution in [-0.4, -0.2) is 96.7 Å². The van der Waals surface area contributed by atoms with Gasteiger partial charge in [-0.3, -0.25) is 37.3 Å². The van der Waals surface area contributed by atoms with Gasteiger partial charge in [0.15, 0.2) is 12.2 Å². The lowest BCUT2D eigenvalue weighted by Gasteiger charge is -2.21. The first-order valence-electron chi connectivity index (χ1n) is 40.3.